The molecule has 16 heavy (non-hydrogen) atoms. The van der Waals surface area contributed by atoms with Crippen LogP contribution in [0.15, 0.2) is 36.7 Å². The van der Waals surface area contributed by atoms with Crippen LogP contribution in [0, 0.1) is 0 Å². The van der Waals surface area contributed by atoms with Gasteiger partial charge in [-0.2, -0.15) is 0 Å². The topological polar surface area (TPSA) is 25.8 Å². The van der Waals surface area contributed by atoms with E-state index in [-0.39, 0.29) is 0 Å². The molecule has 0 unspecified atom stereocenters. The van der Waals surface area contributed by atoms with Crippen LogP contribution in [0.1, 0.15) is 25.1 Å². The minimum Gasteiger partial charge on any atom is -0.265 e. The molecule has 2 aromatic rings. The summed E-state index contributed by atoms with van der Waals surface area (Å²) in [4.78, 5) is 8.72. The van der Waals surface area contributed by atoms with Crippen molar-refractivity contribution in [2.75, 3.05) is 0 Å². The Labute approximate surface area is 96.4 Å². The van der Waals surface area contributed by atoms with Gasteiger partial charge in [-0.05, 0) is 36.6 Å². The first-order chi connectivity index (χ1) is 7.85. The molecule has 0 atom stereocenters. The molecule has 2 heterocycles. The van der Waals surface area contributed by atoms with Gasteiger partial charge in [-0.1, -0.05) is 19.9 Å². The Morgan fingerprint density at radius 2 is 1.69 bits per heavy atom. The van der Waals surface area contributed by atoms with Gasteiger partial charge in [-0.3, -0.25) is 9.97 Å². The fraction of sp³-hybridized carbons (Fsp3) is 0.286. The number of rotatable bonds is 3. The van der Waals surface area contributed by atoms with E-state index in [9.17, 15) is 0 Å². The minimum atomic E-state index is 0.988. The standard InChI is InChI=1S/C14H16N2/c1-3-11-5-6-14(16-13(11)4-2)12-7-9-15-10-8-12/h5-10H,3-4H2,1-2H3. The minimum absolute atomic E-state index is 0.988. The molecule has 82 valence electrons. The van der Waals surface area contributed by atoms with E-state index in [1.807, 2.05) is 12.1 Å². The van der Waals surface area contributed by atoms with Crippen LogP contribution >= 0.6 is 0 Å². The third-order valence-corrected chi connectivity index (χ3v) is 2.76. The van der Waals surface area contributed by atoms with Crippen molar-refractivity contribution in [3.63, 3.8) is 0 Å². The molecule has 0 spiro atoms. The van der Waals surface area contributed by atoms with E-state index in [2.05, 4.69) is 31.0 Å². The molecule has 0 N–H and O–H groups in total. The maximum atomic E-state index is 4.70. The molecule has 0 aliphatic rings. The molecule has 0 saturated carbocycles. The van der Waals surface area contributed by atoms with Crippen LogP contribution in [0.4, 0.5) is 0 Å². The number of hydrogen-bond acceptors (Lipinski definition) is 2. The van der Waals surface area contributed by atoms with Gasteiger partial charge in [0.25, 0.3) is 0 Å². The molecule has 0 aliphatic heterocycles. The van der Waals surface area contributed by atoms with E-state index >= 15 is 0 Å². The summed E-state index contributed by atoms with van der Waals surface area (Å²) in [6.45, 7) is 4.32. The molecule has 2 aromatic heterocycles. The number of hydrogen-bond donors (Lipinski definition) is 0. The number of pyridine rings is 2. The highest BCUT2D eigenvalue weighted by molar-refractivity contribution is 5.58. The molecule has 0 saturated heterocycles. The molecule has 0 amide bonds. The first-order valence-electron chi connectivity index (χ1n) is 5.74. The SMILES string of the molecule is CCc1ccc(-c2ccncc2)nc1CC. The third-order valence-electron chi connectivity index (χ3n) is 2.76. The van der Waals surface area contributed by atoms with Gasteiger partial charge in [0.1, 0.15) is 0 Å². The van der Waals surface area contributed by atoms with Crippen molar-refractivity contribution in [1.82, 2.24) is 9.97 Å². The summed E-state index contributed by atoms with van der Waals surface area (Å²) in [5.41, 5.74) is 4.72. The summed E-state index contributed by atoms with van der Waals surface area (Å²) in [6, 6.07) is 8.26. The zero-order valence-corrected chi connectivity index (χ0v) is 9.77. The molecule has 0 aliphatic carbocycles. The first-order valence-corrected chi connectivity index (χ1v) is 5.74. The molecular weight excluding hydrogens is 196 g/mol. The lowest BCUT2D eigenvalue weighted by Crippen LogP contribution is -1.97. The average Bonchev–Trinajstić information content (AvgIpc) is 2.39. The van der Waals surface area contributed by atoms with E-state index in [0.717, 1.165) is 24.1 Å². The summed E-state index contributed by atoms with van der Waals surface area (Å²) in [6.07, 6.45) is 5.64. The highest BCUT2D eigenvalue weighted by Gasteiger charge is 2.04. The van der Waals surface area contributed by atoms with Crippen LogP contribution in [0.25, 0.3) is 11.3 Å². The summed E-state index contributed by atoms with van der Waals surface area (Å²) >= 11 is 0. The summed E-state index contributed by atoms with van der Waals surface area (Å²) in [5, 5.41) is 0. The molecule has 2 nitrogen and oxygen atoms in total. The van der Waals surface area contributed by atoms with Gasteiger partial charge in [0.05, 0.1) is 5.69 Å². The Morgan fingerprint density at radius 3 is 2.31 bits per heavy atom. The molecule has 0 aromatic carbocycles. The zero-order valence-electron chi connectivity index (χ0n) is 9.77. The van der Waals surface area contributed by atoms with E-state index in [1.165, 1.54) is 11.3 Å². The van der Waals surface area contributed by atoms with E-state index in [1.54, 1.807) is 12.4 Å². The maximum Gasteiger partial charge on any atom is 0.0706 e. The van der Waals surface area contributed by atoms with Crippen LogP contribution in [-0.2, 0) is 12.8 Å². The van der Waals surface area contributed by atoms with E-state index in [0.29, 0.717) is 0 Å². The largest absolute Gasteiger partial charge is 0.265 e. The van der Waals surface area contributed by atoms with Crippen LogP contribution in [0.5, 0.6) is 0 Å². The lowest BCUT2D eigenvalue weighted by Gasteiger charge is -2.07. The molecule has 2 heteroatoms. The van der Waals surface area contributed by atoms with Gasteiger partial charge in [0.15, 0.2) is 0 Å². The van der Waals surface area contributed by atoms with Crippen molar-refractivity contribution in [2.24, 2.45) is 0 Å². The Balaban J connectivity index is 2.44. The Kier molecular flexibility index (Phi) is 3.30. The van der Waals surface area contributed by atoms with Crippen LogP contribution in [0.3, 0.4) is 0 Å². The lowest BCUT2D eigenvalue weighted by molar-refractivity contribution is 0.967. The predicted octanol–water partition coefficient (Wildman–Crippen LogP) is 3.27. The van der Waals surface area contributed by atoms with Crippen molar-refractivity contribution in [3.8, 4) is 11.3 Å². The second-order valence-corrected chi connectivity index (χ2v) is 3.75. The maximum absolute atomic E-state index is 4.70. The van der Waals surface area contributed by atoms with Crippen molar-refractivity contribution in [1.29, 1.82) is 0 Å². The Bertz CT molecular complexity index is 463. The van der Waals surface area contributed by atoms with Crippen LogP contribution < -0.4 is 0 Å². The molecule has 0 radical (unpaired) electrons. The fourth-order valence-electron chi connectivity index (χ4n) is 1.84. The summed E-state index contributed by atoms with van der Waals surface area (Å²) in [5.74, 6) is 0. The molecule has 0 fully saturated rings. The molecule has 2 rings (SSSR count). The van der Waals surface area contributed by atoms with Gasteiger partial charge in [-0.15, -0.1) is 0 Å². The van der Waals surface area contributed by atoms with E-state index in [4.69, 9.17) is 4.98 Å². The van der Waals surface area contributed by atoms with Crippen molar-refractivity contribution >= 4 is 0 Å². The normalized spacial score (nSPS) is 10.4. The number of nitrogens with zero attached hydrogens (tertiary/aromatic N) is 2. The first kappa shape index (κ1) is 10.8. The van der Waals surface area contributed by atoms with Crippen molar-refractivity contribution in [2.45, 2.75) is 26.7 Å². The Hall–Kier alpha value is -1.70. The monoisotopic (exact) mass is 212 g/mol. The smallest absolute Gasteiger partial charge is 0.0706 e. The van der Waals surface area contributed by atoms with Crippen molar-refractivity contribution in [3.05, 3.63) is 47.9 Å². The van der Waals surface area contributed by atoms with Crippen LogP contribution in [0.2, 0.25) is 0 Å². The zero-order chi connectivity index (χ0) is 11.4. The Morgan fingerprint density at radius 1 is 0.938 bits per heavy atom. The summed E-state index contributed by atoms with van der Waals surface area (Å²) < 4.78 is 0. The highest BCUT2D eigenvalue weighted by Crippen LogP contribution is 2.18. The quantitative estimate of drug-likeness (QED) is 0.780. The van der Waals surface area contributed by atoms with Gasteiger partial charge < -0.3 is 0 Å². The van der Waals surface area contributed by atoms with Gasteiger partial charge in [0, 0.05) is 23.7 Å². The molecule has 0 bridgehead atoms. The fourth-order valence-corrected chi connectivity index (χ4v) is 1.84. The number of aryl methyl sites for hydroxylation is 2. The van der Waals surface area contributed by atoms with Gasteiger partial charge >= 0.3 is 0 Å². The van der Waals surface area contributed by atoms with Crippen molar-refractivity contribution < 1.29 is 0 Å². The lowest BCUT2D eigenvalue weighted by atomic mass is 10.1. The van der Waals surface area contributed by atoms with E-state index < -0.39 is 0 Å². The molecular formula is C14H16N2. The second-order valence-electron chi connectivity index (χ2n) is 3.75. The van der Waals surface area contributed by atoms with Gasteiger partial charge in [-0.25, -0.2) is 0 Å². The number of aromatic nitrogens is 2. The second kappa shape index (κ2) is 4.88. The third kappa shape index (κ3) is 2.11. The summed E-state index contributed by atoms with van der Waals surface area (Å²) in [7, 11) is 0. The van der Waals surface area contributed by atoms with Crippen LogP contribution in [-0.4, -0.2) is 9.97 Å². The highest BCUT2D eigenvalue weighted by atomic mass is 14.7. The average molecular weight is 212 g/mol. The van der Waals surface area contributed by atoms with Gasteiger partial charge in [0.2, 0.25) is 0 Å². The predicted molar refractivity (Wildman–Crippen MR) is 66.2 cm³/mol.